The molecule has 0 saturated heterocycles. The smallest absolute Gasteiger partial charge is 0.223 e. The first kappa shape index (κ1) is 11.8. The van der Waals surface area contributed by atoms with Crippen molar-refractivity contribution in [2.24, 2.45) is 0 Å². The van der Waals surface area contributed by atoms with Crippen molar-refractivity contribution in [2.75, 3.05) is 22.9 Å². The first-order chi connectivity index (χ1) is 9.22. The molecule has 0 aliphatic carbocycles. The summed E-state index contributed by atoms with van der Waals surface area (Å²) in [5.41, 5.74) is 14.2. The van der Waals surface area contributed by atoms with Gasteiger partial charge in [-0.2, -0.15) is 9.97 Å². The van der Waals surface area contributed by atoms with Gasteiger partial charge in [-0.15, -0.1) is 0 Å². The number of anilines is 3. The highest BCUT2D eigenvalue weighted by atomic mass is 15.2. The second-order valence-corrected chi connectivity index (χ2v) is 4.80. The van der Waals surface area contributed by atoms with E-state index in [-0.39, 0.29) is 5.95 Å². The van der Waals surface area contributed by atoms with Crippen LogP contribution in [-0.4, -0.2) is 16.5 Å². The van der Waals surface area contributed by atoms with Gasteiger partial charge < -0.3 is 16.4 Å². The number of aryl methyl sites for hydroxylation is 1. The highest BCUT2D eigenvalue weighted by Gasteiger charge is 2.16. The quantitative estimate of drug-likeness (QED) is 0.808. The van der Waals surface area contributed by atoms with E-state index in [4.69, 9.17) is 11.5 Å². The number of hydrogen-bond acceptors (Lipinski definition) is 5. The van der Waals surface area contributed by atoms with Crippen LogP contribution in [0.4, 0.5) is 17.6 Å². The van der Waals surface area contributed by atoms with Crippen LogP contribution < -0.4 is 16.4 Å². The summed E-state index contributed by atoms with van der Waals surface area (Å²) in [6.07, 6.45) is 2.20. The van der Waals surface area contributed by atoms with Gasteiger partial charge in [0.25, 0.3) is 0 Å². The molecule has 1 aromatic carbocycles. The zero-order chi connectivity index (χ0) is 13.2. The van der Waals surface area contributed by atoms with Crippen molar-refractivity contribution >= 4 is 17.6 Å². The second kappa shape index (κ2) is 4.76. The molecule has 0 amide bonds. The van der Waals surface area contributed by atoms with Crippen LogP contribution in [-0.2, 0) is 13.0 Å². The lowest BCUT2D eigenvalue weighted by Gasteiger charge is -2.22. The fourth-order valence-corrected chi connectivity index (χ4v) is 2.53. The molecule has 1 aromatic heterocycles. The van der Waals surface area contributed by atoms with Gasteiger partial charge in [0.15, 0.2) is 0 Å². The fourth-order valence-electron chi connectivity index (χ4n) is 2.53. The highest BCUT2D eigenvalue weighted by molar-refractivity contribution is 5.51. The van der Waals surface area contributed by atoms with E-state index in [1.54, 1.807) is 6.07 Å². The van der Waals surface area contributed by atoms with Crippen molar-refractivity contribution in [1.82, 2.24) is 9.97 Å². The molecule has 19 heavy (non-hydrogen) atoms. The number of nitrogen functional groups attached to an aromatic ring is 2. The van der Waals surface area contributed by atoms with Gasteiger partial charge in [0.2, 0.25) is 5.95 Å². The predicted molar refractivity (Wildman–Crippen MR) is 76.7 cm³/mol. The maximum absolute atomic E-state index is 5.74. The maximum atomic E-state index is 5.74. The molecule has 2 heterocycles. The molecule has 0 bridgehead atoms. The standard InChI is InChI=1S/C14H17N5/c15-12-8-13(18-14(16)17-12)19-7-3-6-10-4-1-2-5-11(10)9-19/h1-2,4-5,8H,3,6-7,9H2,(H4,15,16,17,18). The summed E-state index contributed by atoms with van der Waals surface area (Å²) in [4.78, 5) is 10.4. The molecule has 5 nitrogen and oxygen atoms in total. The third kappa shape index (κ3) is 2.45. The highest BCUT2D eigenvalue weighted by Crippen LogP contribution is 2.23. The summed E-state index contributed by atoms with van der Waals surface area (Å²) in [5.74, 6) is 1.45. The summed E-state index contributed by atoms with van der Waals surface area (Å²) in [6.45, 7) is 1.79. The molecule has 3 rings (SSSR count). The Bertz CT molecular complexity index is 576. The summed E-state index contributed by atoms with van der Waals surface area (Å²) in [6, 6.07) is 10.3. The van der Waals surface area contributed by atoms with Crippen molar-refractivity contribution in [3.63, 3.8) is 0 Å². The molecule has 0 unspecified atom stereocenters. The topological polar surface area (TPSA) is 81.1 Å². The number of nitrogens with two attached hydrogens (primary N) is 2. The Balaban J connectivity index is 1.94. The van der Waals surface area contributed by atoms with Crippen LogP contribution in [0.1, 0.15) is 17.5 Å². The molecule has 4 N–H and O–H groups in total. The average Bonchev–Trinajstić information content (AvgIpc) is 2.59. The van der Waals surface area contributed by atoms with E-state index >= 15 is 0 Å². The third-order valence-electron chi connectivity index (χ3n) is 3.43. The molecule has 0 saturated carbocycles. The molecular weight excluding hydrogens is 238 g/mol. The lowest BCUT2D eigenvalue weighted by atomic mass is 10.0. The Morgan fingerprint density at radius 2 is 1.84 bits per heavy atom. The summed E-state index contributed by atoms with van der Waals surface area (Å²) in [7, 11) is 0. The van der Waals surface area contributed by atoms with Crippen LogP contribution in [0.25, 0.3) is 0 Å². The molecule has 5 heteroatoms. The molecule has 1 aliphatic heterocycles. The van der Waals surface area contributed by atoms with Crippen molar-refractivity contribution in [1.29, 1.82) is 0 Å². The van der Waals surface area contributed by atoms with E-state index in [0.717, 1.165) is 31.7 Å². The van der Waals surface area contributed by atoms with Crippen molar-refractivity contribution in [2.45, 2.75) is 19.4 Å². The van der Waals surface area contributed by atoms with Crippen LogP contribution in [0.15, 0.2) is 30.3 Å². The van der Waals surface area contributed by atoms with E-state index in [1.165, 1.54) is 11.1 Å². The molecule has 0 spiro atoms. The van der Waals surface area contributed by atoms with E-state index in [2.05, 4.69) is 39.1 Å². The van der Waals surface area contributed by atoms with Crippen molar-refractivity contribution < 1.29 is 0 Å². The number of nitrogens with zero attached hydrogens (tertiary/aromatic N) is 3. The molecule has 2 aromatic rings. The fraction of sp³-hybridized carbons (Fsp3) is 0.286. The van der Waals surface area contributed by atoms with Gasteiger partial charge in [-0.25, -0.2) is 0 Å². The average molecular weight is 255 g/mol. The van der Waals surface area contributed by atoms with Crippen LogP contribution in [0.2, 0.25) is 0 Å². The molecule has 1 aliphatic rings. The first-order valence-corrected chi connectivity index (χ1v) is 6.44. The Labute approximate surface area is 112 Å². The van der Waals surface area contributed by atoms with Gasteiger partial charge in [-0.3, -0.25) is 0 Å². The molecule has 0 fully saturated rings. The van der Waals surface area contributed by atoms with Crippen LogP contribution in [0.5, 0.6) is 0 Å². The monoisotopic (exact) mass is 255 g/mol. The SMILES string of the molecule is Nc1cc(N2CCCc3ccccc3C2)nc(N)n1. The van der Waals surface area contributed by atoms with Crippen LogP contribution >= 0.6 is 0 Å². The van der Waals surface area contributed by atoms with E-state index in [1.807, 2.05) is 0 Å². The zero-order valence-electron chi connectivity index (χ0n) is 10.7. The summed E-state index contributed by atoms with van der Waals surface area (Å²) >= 11 is 0. The lowest BCUT2D eigenvalue weighted by molar-refractivity contribution is 0.754. The minimum Gasteiger partial charge on any atom is -0.383 e. The van der Waals surface area contributed by atoms with E-state index in [0.29, 0.717) is 5.82 Å². The summed E-state index contributed by atoms with van der Waals surface area (Å²) < 4.78 is 0. The minimum absolute atomic E-state index is 0.229. The molecule has 0 radical (unpaired) electrons. The lowest BCUT2D eigenvalue weighted by Crippen LogP contribution is -2.24. The van der Waals surface area contributed by atoms with Crippen molar-refractivity contribution in [3.05, 3.63) is 41.5 Å². The van der Waals surface area contributed by atoms with Gasteiger partial charge in [0, 0.05) is 19.2 Å². The third-order valence-corrected chi connectivity index (χ3v) is 3.43. The molecule has 0 atom stereocenters. The number of rotatable bonds is 1. The Kier molecular flexibility index (Phi) is 2.95. The van der Waals surface area contributed by atoms with E-state index in [9.17, 15) is 0 Å². The number of hydrogen-bond donors (Lipinski definition) is 2. The van der Waals surface area contributed by atoms with Crippen LogP contribution in [0.3, 0.4) is 0 Å². The van der Waals surface area contributed by atoms with Gasteiger partial charge in [-0.05, 0) is 24.0 Å². The van der Waals surface area contributed by atoms with Gasteiger partial charge in [-0.1, -0.05) is 24.3 Å². The van der Waals surface area contributed by atoms with Crippen molar-refractivity contribution in [3.8, 4) is 0 Å². The van der Waals surface area contributed by atoms with Gasteiger partial charge in [0.05, 0.1) is 0 Å². The normalized spacial score (nSPS) is 14.8. The largest absolute Gasteiger partial charge is 0.383 e. The van der Waals surface area contributed by atoms with Gasteiger partial charge in [0.1, 0.15) is 11.6 Å². The van der Waals surface area contributed by atoms with Crippen LogP contribution in [0, 0.1) is 0 Å². The Morgan fingerprint density at radius 3 is 2.63 bits per heavy atom. The molecule has 98 valence electrons. The number of fused-ring (bicyclic) bond motifs is 1. The zero-order valence-corrected chi connectivity index (χ0v) is 10.7. The predicted octanol–water partition coefficient (Wildman–Crippen LogP) is 1.59. The second-order valence-electron chi connectivity index (χ2n) is 4.80. The molecular formula is C14H17N5. The number of benzene rings is 1. The van der Waals surface area contributed by atoms with Gasteiger partial charge >= 0.3 is 0 Å². The van der Waals surface area contributed by atoms with E-state index < -0.39 is 0 Å². The first-order valence-electron chi connectivity index (χ1n) is 6.44. The number of aromatic nitrogens is 2. The Morgan fingerprint density at radius 1 is 1.05 bits per heavy atom. The minimum atomic E-state index is 0.229. The Hall–Kier alpha value is -2.30. The summed E-state index contributed by atoms with van der Waals surface area (Å²) in [5, 5.41) is 0. The maximum Gasteiger partial charge on any atom is 0.223 e.